The van der Waals surface area contributed by atoms with Gasteiger partial charge in [0.05, 0.1) is 31.0 Å². The first-order valence-electron chi connectivity index (χ1n) is 21.8. The summed E-state index contributed by atoms with van der Waals surface area (Å²) in [5, 5.41) is 0. The van der Waals surface area contributed by atoms with Gasteiger partial charge in [0.25, 0.3) is 0 Å². The number of esters is 2. The molecule has 0 radical (unpaired) electrons. The number of amides is 1. The number of carbonyl (C=O) groups is 3. The Labute approximate surface area is 319 Å². The molecule has 0 spiro atoms. The van der Waals surface area contributed by atoms with E-state index in [2.05, 4.69) is 13.8 Å². The fourth-order valence-electron chi connectivity index (χ4n) is 7.00. The molecule has 7 nitrogen and oxygen atoms in total. The molecule has 1 aromatic rings. The molecule has 3 unspecified atom stereocenters. The van der Waals surface area contributed by atoms with Gasteiger partial charge in [-0.2, -0.15) is 0 Å². The third-order valence-corrected chi connectivity index (χ3v) is 10.6. The minimum absolute atomic E-state index is 0.0986. The average Bonchev–Trinajstić information content (AvgIpc) is 3.15. The van der Waals surface area contributed by atoms with Crippen LogP contribution in [0.2, 0.25) is 0 Å². The number of unbranched alkanes of at least 4 members (excludes halogenated alkanes) is 18. The van der Waals surface area contributed by atoms with Crippen LogP contribution in [-0.4, -0.2) is 55.1 Å². The van der Waals surface area contributed by atoms with E-state index in [0.29, 0.717) is 6.42 Å². The lowest BCUT2D eigenvalue weighted by molar-refractivity contribution is -0.152. The van der Waals surface area contributed by atoms with Crippen molar-refractivity contribution in [3.63, 3.8) is 0 Å². The third-order valence-electron chi connectivity index (χ3n) is 10.6. The largest absolute Gasteiger partial charge is 0.464 e. The van der Waals surface area contributed by atoms with Crippen molar-refractivity contribution < 1.29 is 23.9 Å². The predicted octanol–water partition coefficient (Wildman–Crippen LogP) is 11.1. The van der Waals surface area contributed by atoms with E-state index in [0.717, 1.165) is 56.9 Å². The highest BCUT2D eigenvalue weighted by atomic mass is 16.5. The molecule has 52 heavy (non-hydrogen) atoms. The normalized spacial score (nSPS) is 13.0. The fourth-order valence-corrected chi connectivity index (χ4v) is 7.00. The Kier molecular flexibility index (Phi) is 30.4. The molecule has 0 heterocycles. The Balaban J connectivity index is 2.53. The van der Waals surface area contributed by atoms with Crippen molar-refractivity contribution in [2.75, 3.05) is 26.3 Å². The zero-order valence-corrected chi connectivity index (χ0v) is 34.2. The molecule has 1 aromatic carbocycles. The van der Waals surface area contributed by atoms with Gasteiger partial charge in [0, 0.05) is 0 Å². The Bertz CT molecular complexity index is 953. The van der Waals surface area contributed by atoms with Gasteiger partial charge in [0.1, 0.15) is 13.2 Å². The smallest absolute Gasteiger partial charge is 0.308 e. The second kappa shape index (κ2) is 33.2. The van der Waals surface area contributed by atoms with Gasteiger partial charge < -0.3 is 20.1 Å². The Hall–Kier alpha value is -2.41. The molecular formula is C45H80N2O5. The molecule has 0 aliphatic heterocycles. The number of hydrogen-bond acceptors (Lipinski definition) is 6. The second-order valence-electron chi connectivity index (χ2n) is 15.1. The highest BCUT2D eigenvalue weighted by Gasteiger charge is 2.24. The van der Waals surface area contributed by atoms with Gasteiger partial charge in [0.2, 0.25) is 5.91 Å². The maximum absolute atomic E-state index is 13.5. The van der Waals surface area contributed by atoms with Crippen LogP contribution in [0, 0.1) is 11.8 Å². The number of benzene rings is 1. The van der Waals surface area contributed by atoms with E-state index >= 15 is 0 Å². The molecule has 300 valence electrons. The summed E-state index contributed by atoms with van der Waals surface area (Å²) >= 11 is 0. The number of rotatable bonds is 35. The summed E-state index contributed by atoms with van der Waals surface area (Å²) in [5.74, 6) is -0.861. The van der Waals surface area contributed by atoms with Crippen LogP contribution >= 0.6 is 0 Å². The topological polar surface area (TPSA) is 98.9 Å². The maximum atomic E-state index is 13.5. The molecular weight excluding hydrogens is 649 g/mol. The molecule has 1 amide bonds. The summed E-state index contributed by atoms with van der Waals surface area (Å²) in [6.07, 6.45) is 28.9. The molecule has 3 atom stereocenters. The fraction of sp³-hybridized carbons (Fsp3) is 0.800. The van der Waals surface area contributed by atoms with Gasteiger partial charge in [-0.05, 0) is 37.7 Å². The van der Waals surface area contributed by atoms with E-state index in [1.807, 2.05) is 44.2 Å². The van der Waals surface area contributed by atoms with Crippen molar-refractivity contribution in [1.82, 2.24) is 4.90 Å². The van der Waals surface area contributed by atoms with Gasteiger partial charge in [-0.15, -0.1) is 0 Å². The number of ether oxygens (including phenoxy) is 2. The van der Waals surface area contributed by atoms with Gasteiger partial charge in [-0.3, -0.25) is 14.4 Å². The minimum Gasteiger partial charge on any atom is -0.464 e. The summed E-state index contributed by atoms with van der Waals surface area (Å²) < 4.78 is 11.4. The van der Waals surface area contributed by atoms with Crippen LogP contribution in [0.15, 0.2) is 30.3 Å². The van der Waals surface area contributed by atoms with Gasteiger partial charge in [-0.1, -0.05) is 186 Å². The predicted molar refractivity (Wildman–Crippen MR) is 217 cm³/mol. The van der Waals surface area contributed by atoms with E-state index in [-0.39, 0.29) is 56.0 Å². The molecule has 0 fully saturated rings. The highest BCUT2D eigenvalue weighted by molar-refractivity contribution is 5.82. The van der Waals surface area contributed by atoms with Crippen LogP contribution in [0.25, 0.3) is 0 Å². The van der Waals surface area contributed by atoms with Gasteiger partial charge >= 0.3 is 11.9 Å². The lowest BCUT2D eigenvalue weighted by Gasteiger charge is -2.26. The molecule has 1 rings (SSSR count). The molecule has 0 saturated heterocycles. The first kappa shape index (κ1) is 47.6. The average molecular weight is 729 g/mol. The number of carbonyl (C=O) groups excluding carboxylic acids is 3. The van der Waals surface area contributed by atoms with Crippen molar-refractivity contribution >= 4 is 17.8 Å². The van der Waals surface area contributed by atoms with Crippen LogP contribution in [0.3, 0.4) is 0 Å². The Morgan fingerprint density at radius 3 is 1.29 bits per heavy atom. The summed E-state index contributed by atoms with van der Waals surface area (Å²) in [6.45, 7) is 9.21. The minimum atomic E-state index is -0.742. The zero-order valence-electron chi connectivity index (χ0n) is 34.2. The third kappa shape index (κ3) is 24.0. The van der Waals surface area contributed by atoms with Crippen LogP contribution in [0.4, 0.5) is 0 Å². The first-order chi connectivity index (χ1) is 25.4. The van der Waals surface area contributed by atoms with Gasteiger partial charge in [-0.25, -0.2) is 0 Å². The Morgan fingerprint density at radius 2 is 0.923 bits per heavy atom. The summed E-state index contributed by atoms with van der Waals surface area (Å²) in [7, 11) is 0. The standard InChI is InChI=1S/C45H80N2O5/c1-5-9-11-13-15-17-19-21-23-28-32-40(7-3)44(49)51-36-34-47(43(48)42(46)38-39-30-26-25-27-31-39)35-37-52-45(50)41(8-4)33-29-24-22-20-18-16-14-12-10-6-2/h25-27,30-31,40-42H,5-24,28-29,32-38,46H2,1-4H3. The molecule has 0 aliphatic carbocycles. The van der Waals surface area contributed by atoms with Crippen molar-refractivity contribution in [3.8, 4) is 0 Å². The van der Waals surface area contributed by atoms with E-state index in [1.165, 1.54) is 103 Å². The number of nitrogens with two attached hydrogens (primary N) is 1. The summed E-state index contributed by atoms with van der Waals surface area (Å²) in [5.41, 5.74) is 7.38. The van der Waals surface area contributed by atoms with E-state index < -0.39 is 6.04 Å². The monoisotopic (exact) mass is 729 g/mol. The molecule has 7 heteroatoms. The molecule has 0 bridgehead atoms. The molecule has 2 N–H and O–H groups in total. The summed E-state index contributed by atoms with van der Waals surface area (Å²) in [6, 6.07) is 8.98. The SMILES string of the molecule is CCCCCCCCCCCCC(CC)C(=O)OCCN(CCOC(=O)C(CC)CCCCCCCCCCCC)C(=O)C(N)Cc1ccccc1. The highest BCUT2D eigenvalue weighted by Crippen LogP contribution is 2.19. The lowest BCUT2D eigenvalue weighted by Crippen LogP contribution is -2.47. The second-order valence-corrected chi connectivity index (χ2v) is 15.1. The molecule has 0 aromatic heterocycles. The van der Waals surface area contributed by atoms with Crippen molar-refractivity contribution in [3.05, 3.63) is 35.9 Å². The Morgan fingerprint density at radius 1 is 0.558 bits per heavy atom. The zero-order chi connectivity index (χ0) is 38.1. The van der Waals surface area contributed by atoms with Crippen LogP contribution in [-0.2, 0) is 30.3 Å². The lowest BCUT2D eigenvalue weighted by atomic mass is 9.98. The maximum Gasteiger partial charge on any atom is 0.308 e. The van der Waals surface area contributed by atoms with E-state index in [4.69, 9.17) is 15.2 Å². The van der Waals surface area contributed by atoms with Gasteiger partial charge in [0.15, 0.2) is 0 Å². The van der Waals surface area contributed by atoms with E-state index in [1.54, 1.807) is 4.90 Å². The number of hydrogen-bond donors (Lipinski definition) is 1. The first-order valence-corrected chi connectivity index (χ1v) is 21.8. The number of nitrogens with zero attached hydrogens (tertiary/aromatic N) is 1. The van der Waals surface area contributed by atoms with E-state index in [9.17, 15) is 14.4 Å². The van der Waals surface area contributed by atoms with Crippen molar-refractivity contribution in [2.24, 2.45) is 17.6 Å². The molecule has 0 saturated carbocycles. The van der Waals surface area contributed by atoms with Crippen LogP contribution in [0.5, 0.6) is 0 Å². The molecule has 0 aliphatic rings. The van der Waals surface area contributed by atoms with Crippen molar-refractivity contribution in [1.29, 1.82) is 0 Å². The van der Waals surface area contributed by atoms with Crippen LogP contribution in [0.1, 0.15) is 187 Å². The summed E-state index contributed by atoms with van der Waals surface area (Å²) in [4.78, 5) is 41.1. The van der Waals surface area contributed by atoms with Crippen LogP contribution < -0.4 is 5.73 Å². The quantitative estimate of drug-likeness (QED) is 0.0552. The van der Waals surface area contributed by atoms with Crippen molar-refractivity contribution in [2.45, 2.75) is 194 Å².